The third-order valence-corrected chi connectivity index (χ3v) is 0.463. The number of hydrogen-bond donors (Lipinski definition) is 1. The van der Waals surface area contributed by atoms with Crippen LogP contribution in [-0.4, -0.2) is 5.09 Å². The molecule has 0 heterocycles. The second-order valence-corrected chi connectivity index (χ2v) is 0.791. The van der Waals surface area contributed by atoms with Crippen LogP contribution in [0.5, 0.6) is 0 Å². The summed E-state index contributed by atoms with van der Waals surface area (Å²) in [7, 11) is 0. The zero-order valence-corrected chi connectivity index (χ0v) is 5.49. The maximum atomic E-state index is 8.97. The van der Waals surface area contributed by atoms with Crippen molar-refractivity contribution in [1.29, 1.82) is 0 Å². The zero-order valence-electron chi connectivity index (χ0n) is 2.71. The maximum absolute atomic E-state index is 8.97. The third-order valence-electron chi connectivity index (χ3n) is 0.0497. The summed E-state index contributed by atoms with van der Waals surface area (Å²) in [4.78, 5) is 8.97. The first-order valence-corrected chi connectivity index (χ1v) is 1.82. The van der Waals surface area contributed by atoms with Crippen LogP contribution in [0.25, 0.3) is 0 Å². The van der Waals surface area contributed by atoms with E-state index >= 15 is 0 Å². The Morgan fingerprint density at radius 3 is 2.00 bits per heavy atom. The molecule has 0 radical (unpaired) electrons. The third kappa shape index (κ3) is 114. The van der Waals surface area contributed by atoms with Gasteiger partial charge < -0.3 is 6.15 Å². The normalized spacial score (nSPS) is 5.67. The van der Waals surface area contributed by atoms with Gasteiger partial charge in [0.25, 0.3) is 0 Å². The van der Waals surface area contributed by atoms with Gasteiger partial charge in [0.15, 0.2) is 0 Å². The van der Waals surface area contributed by atoms with Crippen molar-refractivity contribution in [2.45, 2.75) is 0 Å². The van der Waals surface area contributed by atoms with Crippen molar-refractivity contribution >= 4 is 0 Å². The zero-order chi connectivity index (χ0) is 4.28. The summed E-state index contributed by atoms with van der Waals surface area (Å²) in [5, 5.41) is 11.7. The van der Waals surface area contributed by atoms with E-state index < -0.39 is 5.09 Å². The Labute approximate surface area is 27.9 Å². The Kier molecular flexibility index (Phi) is 4.69. The molecule has 3 N–H and O–H groups in total. The molecule has 0 aliphatic rings. The molecule has 6 heavy (non-hydrogen) atoms. The van der Waals surface area contributed by atoms with Crippen LogP contribution in [-0.2, 0) is 5.21 Å². The van der Waals surface area contributed by atoms with E-state index in [0.717, 1.165) is 0 Å². The number of nitrogens with zero attached hydrogens (tertiary/aromatic N) is 1. The fourth-order valence-corrected chi connectivity index (χ4v) is 0. The molecule has 0 atom stereocenters. The molecule has 0 aromatic carbocycles. The molecule has 0 fully saturated rings. The average molecular weight is 326 g/mol. The van der Waals surface area contributed by atoms with Gasteiger partial charge in [-0.05, 0) is 0 Å². The monoisotopic (exact) mass is 326 g/mol. The molecule has 0 spiro atoms. The number of hydrogen-bond acceptors (Lipinski definition) is 4. The van der Waals surface area contributed by atoms with E-state index in [0.29, 0.717) is 0 Å². The molecule has 0 aromatic rings. The molecule has 0 bridgehead atoms. The summed E-state index contributed by atoms with van der Waals surface area (Å²) in [6, 6.07) is 0. The molecule has 6 heteroatoms. The molecular weight excluding hydrogens is 323 g/mol. The molecular formula is H3BkN2O3. The van der Waals surface area contributed by atoms with Crippen molar-refractivity contribution in [3.63, 3.8) is 0 Å². The molecule has 0 aliphatic carbocycles. The van der Waals surface area contributed by atoms with Crippen molar-refractivity contribution in [2.75, 3.05) is 0 Å². The van der Waals surface area contributed by atoms with Gasteiger partial charge in [0.05, 0.1) is 0 Å². The summed E-state index contributed by atoms with van der Waals surface area (Å²) < 4.78 is 0.606. The minimum absolute atomic E-state index is 0. The molecule has 0 unspecified atom stereocenters. The summed E-state index contributed by atoms with van der Waals surface area (Å²) in [5.74, 6) is 0. The van der Waals surface area contributed by atoms with Crippen molar-refractivity contribution in [1.82, 2.24) is 6.15 Å². The van der Waals surface area contributed by atoms with Crippen molar-refractivity contribution in [3.05, 3.63) is 10.1 Å². The Morgan fingerprint density at radius 1 is 1.83 bits per heavy atom. The van der Waals surface area contributed by atoms with E-state index in [-0.39, 0.29) is 6.15 Å². The summed E-state index contributed by atoms with van der Waals surface area (Å²) in [6.07, 6.45) is 0. The average Bonchev–Trinajstić information content (AvgIpc) is 1.38. The van der Waals surface area contributed by atoms with Crippen molar-refractivity contribution < 1.29 is 10.3 Å². The SMILES string of the molecule is N.O=[N+]([O-])[O][Bk]. The van der Waals surface area contributed by atoms with Crippen LogP contribution >= 0.6 is 0 Å². The molecule has 0 aliphatic heterocycles. The van der Waals surface area contributed by atoms with Crippen LogP contribution in [0, 0.1) is 10.1 Å². The number of rotatable bonds is 1. The Morgan fingerprint density at radius 2 is 2.00 bits per heavy atom. The first-order chi connectivity index (χ1) is 2.27. The van der Waals surface area contributed by atoms with Crippen LogP contribution in [0.3, 0.4) is 0 Å². The van der Waals surface area contributed by atoms with Gasteiger partial charge in [0, 0.05) is 0 Å². The van der Waals surface area contributed by atoms with Crippen LogP contribution in [0.4, 0.5) is 0 Å². The fourth-order valence-electron chi connectivity index (χ4n) is 0. The Balaban J connectivity index is 0. The second kappa shape index (κ2) is 3.16. The quantitative estimate of drug-likeness (QED) is 0.535. The summed E-state index contributed by atoms with van der Waals surface area (Å²) in [5.41, 5.74) is 0. The predicted molar refractivity (Wildman–Crippen MR) is 13.1 cm³/mol. The molecule has 0 rings (SSSR count). The molecule has 40 valence electrons. The van der Waals surface area contributed by atoms with Gasteiger partial charge in [-0.1, -0.05) is 0 Å². The first kappa shape index (κ1) is 8.90. The van der Waals surface area contributed by atoms with Gasteiger partial charge in [-0.2, -0.15) is 0 Å². The second-order valence-electron chi connectivity index (χ2n) is 0.284. The predicted octanol–water partition coefficient (Wildman–Crippen LogP) is -0.179. The van der Waals surface area contributed by atoms with E-state index in [1.165, 1.54) is 0 Å². The van der Waals surface area contributed by atoms with Crippen LogP contribution in [0.15, 0.2) is 0 Å². The van der Waals surface area contributed by atoms with Gasteiger partial charge in [0.1, 0.15) is 0 Å². The van der Waals surface area contributed by atoms with Gasteiger partial charge in [-0.3, -0.25) is 0 Å². The van der Waals surface area contributed by atoms with E-state index in [1.54, 1.807) is 0 Å². The Bertz CT molecular complexity index is 44.1. The van der Waals surface area contributed by atoms with Crippen LogP contribution in [0.2, 0.25) is 0 Å². The standard InChI is InChI=1S/Bk.NO3.H3N/c;2-1(3)4;/h;;1H3/q+1;-1;. The first-order valence-electron chi connectivity index (χ1n) is 0.684. The van der Waals surface area contributed by atoms with E-state index in [2.05, 4.69) is 5.21 Å². The molecule has 0 aromatic heterocycles. The van der Waals surface area contributed by atoms with Gasteiger partial charge in [-0.25, -0.2) is 0 Å². The van der Waals surface area contributed by atoms with Crippen LogP contribution < -0.4 is 6.15 Å². The van der Waals surface area contributed by atoms with E-state index in [1.807, 2.05) is 0 Å². The minimum atomic E-state index is -0.846. The summed E-state index contributed by atoms with van der Waals surface area (Å²) in [6.45, 7) is 0. The Hall–Kier alpha value is -1.84. The van der Waals surface area contributed by atoms with Gasteiger partial charge in [0.2, 0.25) is 0 Å². The van der Waals surface area contributed by atoms with Gasteiger partial charge >= 0.3 is 20.4 Å². The van der Waals surface area contributed by atoms with E-state index in [9.17, 15) is 0 Å². The van der Waals surface area contributed by atoms with Crippen molar-refractivity contribution in [3.8, 4) is 0 Å². The topological polar surface area (TPSA) is 87.4 Å². The molecule has 0 saturated heterocycles. The molecule has 5 nitrogen and oxygen atoms in total. The van der Waals surface area contributed by atoms with Crippen LogP contribution in [0.1, 0.15) is 0 Å². The fraction of sp³-hybridized carbons (Fsp3) is 0. The van der Waals surface area contributed by atoms with Gasteiger partial charge in [-0.15, -0.1) is 0 Å². The molecule has 0 amide bonds. The van der Waals surface area contributed by atoms with E-state index in [4.69, 9.17) is 10.1 Å². The van der Waals surface area contributed by atoms with Crippen molar-refractivity contribution in [2.24, 2.45) is 0 Å². The summed E-state index contributed by atoms with van der Waals surface area (Å²) >= 11 is 0. The molecule has 0 saturated carbocycles.